The van der Waals surface area contributed by atoms with Crippen LogP contribution in [0.1, 0.15) is 22.3 Å². The summed E-state index contributed by atoms with van der Waals surface area (Å²) in [5.41, 5.74) is 1.20. The number of benzene rings is 2. The number of aliphatic carboxylic acids is 1. The van der Waals surface area contributed by atoms with Crippen LogP contribution in [0, 0.1) is 0 Å². The molecule has 0 unspecified atom stereocenters. The molecule has 0 spiro atoms. The van der Waals surface area contributed by atoms with Gasteiger partial charge in [0.05, 0.1) is 6.61 Å². The molecule has 0 radical (unpaired) electrons. The van der Waals surface area contributed by atoms with E-state index in [1.807, 2.05) is 30.3 Å². The molecule has 2 aromatic carbocycles. The van der Waals surface area contributed by atoms with E-state index in [0.29, 0.717) is 24.5 Å². The minimum absolute atomic E-state index is 0.217. The maximum absolute atomic E-state index is 12.4. The van der Waals surface area contributed by atoms with Crippen LogP contribution in [0.5, 0.6) is 5.75 Å². The molecule has 1 amide bonds. The number of methoxy groups -OCH3 is 1. The van der Waals surface area contributed by atoms with Crippen molar-refractivity contribution in [1.29, 1.82) is 0 Å². The lowest BCUT2D eigenvalue weighted by atomic mass is 10.1. The Morgan fingerprint density at radius 3 is 2.54 bits per heavy atom. The highest BCUT2D eigenvalue weighted by molar-refractivity contribution is 5.96. The highest BCUT2D eigenvalue weighted by Gasteiger charge is 2.21. The lowest BCUT2D eigenvalue weighted by Crippen LogP contribution is -2.42. The van der Waals surface area contributed by atoms with E-state index in [9.17, 15) is 14.7 Å². The normalized spacial score (nSPS) is 11.6. The zero-order valence-electron chi connectivity index (χ0n) is 14.7. The summed E-state index contributed by atoms with van der Waals surface area (Å²) in [6.45, 7) is 1.07. The predicted octanol–water partition coefficient (Wildman–Crippen LogP) is 2.53. The molecule has 1 atom stereocenters. The standard InChI is InChI=1S/C20H23NO5/c1-25-11-6-12-26-17-10-5-9-16(14-17)19(22)21-18(20(23)24)13-15-7-3-2-4-8-15/h2-5,7-10,14,18H,6,11-13H2,1H3,(H,21,22)(H,23,24)/t18-/m1/s1. The molecule has 2 aromatic rings. The van der Waals surface area contributed by atoms with Gasteiger partial charge >= 0.3 is 5.97 Å². The van der Waals surface area contributed by atoms with Gasteiger partial charge in [-0.25, -0.2) is 4.79 Å². The summed E-state index contributed by atoms with van der Waals surface area (Å²) in [6.07, 6.45) is 0.959. The number of ether oxygens (including phenoxy) is 2. The number of carbonyl (C=O) groups excluding carboxylic acids is 1. The second-order valence-corrected chi connectivity index (χ2v) is 5.78. The number of amides is 1. The van der Waals surface area contributed by atoms with Crippen molar-refractivity contribution in [2.75, 3.05) is 20.3 Å². The fraction of sp³-hybridized carbons (Fsp3) is 0.300. The highest BCUT2D eigenvalue weighted by atomic mass is 16.5. The number of carboxylic acids is 1. The molecule has 0 saturated heterocycles. The first-order valence-corrected chi connectivity index (χ1v) is 8.39. The van der Waals surface area contributed by atoms with Crippen LogP contribution in [0.3, 0.4) is 0 Å². The van der Waals surface area contributed by atoms with Gasteiger partial charge in [-0.05, 0) is 23.8 Å². The van der Waals surface area contributed by atoms with Crippen LogP contribution in [-0.2, 0) is 16.0 Å². The summed E-state index contributed by atoms with van der Waals surface area (Å²) >= 11 is 0. The average Bonchev–Trinajstić information content (AvgIpc) is 2.65. The molecule has 0 aliphatic rings. The Labute approximate surface area is 152 Å². The van der Waals surface area contributed by atoms with Gasteiger partial charge < -0.3 is 19.9 Å². The molecule has 6 heteroatoms. The van der Waals surface area contributed by atoms with E-state index in [0.717, 1.165) is 12.0 Å². The smallest absolute Gasteiger partial charge is 0.326 e. The molecule has 2 rings (SSSR count). The molecule has 0 heterocycles. The van der Waals surface area contributed by atoms with Crippen molar-refractivity contribution in [1.82, 2.24) is 5.32 Å². The van der Waals surface area contributed by atoms with Crippen molar-refractivity contribution in [3.8, 4) is 5.75 Å². The molecular weight excluding hydrogens is 334 g/mol. The van der Waals surface area contributed by atoms with Crippen LogP contribution in [0.2, 0.25) is 0 Å². The second-order valence-electron chi connectivity index (χ2n) is 5.78. The van der Waals surface area contributed by atoms with Crippen molar-refractivity contribution in [3.05, 3.63) is 65.7 Å². The molecule has 2 N–H and O–H groups in total. The molecule has 0 aliphatic heterocycles. The summed E-state index contributed by atoms with van der Waals surface area (Å²) in [6, 6.07) is 14.9. The average molecular weight is 357 g/mol. The van der Waals surface area contributed by atoms with Crippen LogP contribution in [-0.4, -0.2) is 43.3 Å². The lowest BCUT2D eigenvalue weighted by Gasteiger charge is -2.15. The molecule has 0 fully saturated rings. The lowest BCUT2D eigenvalue weighted by molar-refractivity contribution is -0.139. The third kappa shape index (κ3) is 6.22. The van der Waals surface area contributed by atoms with Crippen LogP contribution in [0.25, 0.3) is 0 Å². The van der Waals surface area contributed by atoms with Crippen molar-refractivity contribution in [2.45, 2.75) is 18.9 Å². The fourth-order valence-electron chi connectivity index (χ4n) is 2.41. The number of hydrogen-bond donors (Lipinski definition) is 2. The van der Waals surface area contributed by atoms with Crippen LogP contribution >= 0.6 is 0 Å². The van der Waals surface area contributed by atoms with Gasteiger partial charge in [-0.1, -0.05) is 36.4 Å². The Bertz CT molecular complexity index is 717. The van der Waals surface area contributed by atoms with Gasteiger partial charge in [-0.15, -0.1) is 0 Å². The van der Waals surface area contributed by atoms with E-state index < -0.39 is 17.9 Å². The first kappa shape index (κ1) is 19.5. The van der Waals surface area contributed by atoms with Crippen molar-refractivity contribution < 1.29 is 24.2 Å². The fourth-order valence-corrected chi connectivity index (χ4v) is 2.41. The Morgan fingerprint density at radius 2 is 1.85 bits per heavy atom. The van der Waals surface area contributed by atoms with Gasteiger partial charge in [0.25, 0.3) is 5.91 Å². The van der Waals surface area contributed by atoms with Gasteiger partial charge in [-0.2, -0.15) is 0 Å². The van der Waals surface area contributed by atoms with E-state index >= 15 is 0 Å². The minimum atomic E-state index is -1.07. The van der Waals surface area contributed by atoms with E-state index in [4.69, 9.17) is 9.47 Å². The Balaban J connectivity index is 1.99. The van der Waals surface area contributed by atoms with E-state index in [2.05, 4.69) is 5.32 Å². The molecule has 26 heavy (non-hydrogen) atoms. The van der Waals surface area contributed by atoms with Crippen molar-refractivity contribution in [2.24, 2.45) is 0 Å². The second kappa shape index (κ2) is 10.2. The largest absolute Gasteiger partial charge is 0.493 e. The van der Waals surface area contributed by atoms with Crippen LogP contribution < -0.4 is 10.1 Å². The predicted molar refractivity (Wildman–Crippen MR) is 97.5 cm³/mol. The van der Waals surface area contributed by atoms with Gasteiger partial charge in [0.1, 0.15) is 11.8 Å². The minimum Gasteiger partial charge on any atom is -0.493 e. The first-order chi connectivity index (χ1) is 12.6. The van der Waals surface area contributed by atoms with Gasteiger partial charge in [0.15, 0.2) is 0 Å². The number of hydrogen-bond acceptors (Lipinski definition) is 4. The SMILES string of the molecule is COCCCOc1cccc(C(=O)N[C@H](Cc2ccccc2)C(=O)O)c1. The zero-order chi connectivity index (χ0) is 18.8. The van der Waals surface area contributed by atoms with Crippen LogP contribution in [0.15, 0.2) is 54.6 Å². The number of rotatable bonds is 10. The Kier molecular flexibility index (Phi) is 7.64. The number of carboxylic acid groups (broad SMARTS) is 1. The molecule has 0 aromatic heterocycles. The summed E-state index contributed by atoms with van der Waals surface area (Å²) in [4.78, 5) is 23.9. The van der Waals surface area contributed by atoms with Gasteiger partial charge in [-0.3, -0.25) is 4.79 Å². The molecule has 138 valence electrons. The van der Waals surface area contributed by atoms with Crippen molar-refractivity contribution >= 4 is 11.9 Å². The molecule has 0 saturated carbocycles. The first-order valence-electron chi connectivity index (χ1n) is 8.39. The van der Waals surface area contributed by atoms with Crippen LogP contribution in [0.4, 0.5) is 0 Å². The number of nitrogens with one attached hydrogen (secondary N) is 1. The topological polar surface area (TPSA) is 84.9 Å². The highest BCUT2D eigenvalue weighted by Crippen LogP contribution is 2.14. The molecule has 0 aliphatic carbocycles. The molecule has 0 bridgehead atoms. The van der Waals surface area contributed by atoms with E-state index in [-0.39, 0.29) is 6.42 Å². The van der Waals surface area contributed by atoms with Gasteiger partial charge in [0, 0.05) is 32.1 Å². The maximum Gasteiger partial charge on any atom is 0.326 e. The Hall–Kier alpha value is -2.86. The third-order valence-corrected chi connectivity index (χ3v) is 3.74. The van der Waals surface area contributed by atoms with Crippen molar-refractivity contribution in [3.63, 3.8) is 0 Å². The maximum atomic E-state index is 12.4. The summed E-state index contributed by atoms with van der Waals surface area (Å²) in [7, 11) is 1.62. The van der Waals surface area contributed by atoms with E-state index in [1.54, 1.807) is 31.4 Å². The van der Waals surface area contributed by atoms with Gasteiger partial charge in [0.2, 0.25) is 0 Å². The monoisotopic (exact) mass is 357 g/mol. The summed E-state index contributed by atoms with van der Waals surface area (Å²) < 4.78 is 10.5. The molecular formula is C20H23NO5. The Morgan fingerprint density at radius 1 is 1.08 bits per heavy atom. The third-order valence-electron chi connectivity index (χ3n) is 3.74. The quantitative estimate of drug-likeness (QED) is 0.638. The zero-order valence-corrected chi connectivity index (χ0v) is 14.7. The number of carbonyl (C=O) groups is 2. The molecule has 6 nitrogen and oxygen atoms in total. The summed E-state index contributed by atoms with van der Waals surface area (Å²) in [5.74, 6) is -0.964. The van der Waals surface area contributed by atoms with E-state index in [1.165, 1.54) is 0 Å². The summed E-state index contributed by atoms with van der Waals surface area (Å²) in [5, 5.41) is 12.0.